The van der Waals surface area contributed by atoms with E-state index in [4.69, 9.17) is 9.47 Å². The highest BCUT2D eigenvalue weighted by Crippen LogP contribution is 2.21. The predicted octanol–water partition coefficient (Wildman–Crippen LogP) is 3.59. The minimum absolute atomic E-state index is 0.386. The van der Waals surface area contributed by atoms with Crippen molar-refractivity contribution in [2.24, 2.45) is 5.92 Å². The van der Waals surface area contributed by atoms with Crippen molar-refractivity contribution in [1.29, 1.82) is 0 Å². The van der Waals surface area contributed by atoms with Crippen molar-refractivity contribution in [2.45, 2.75) is 45.6 Å². The lowest BCUT2D eigenvalue weighted by Gasteiger charge is -2.24. The van der Waals surface area contributed by atoms with Gasteiger partial charge in [-0.15, -0.1) is 0 Å². The maximum Gasteiger partial charge on any atom is 0.119 e. The van der Waals surface area contributed by atoms with Gasteiger partial charge in [-0.3, -0.25) is 0 Å². The molecule has 1 aromatic rings. The van der Waals surface area contributed by atoms with Crippen LogP contribution < -0.4 is 10.1 Å². The Morgan fingerprint density at radius 2 is 2.05 bits per heavy atom. The number of benzene rings is 1. The molecule has 3 nitrogen and oxygen atoms in total. The molecule has 1 fully saturated rings. The van der Waals surface area contributed by atoms with Gasteiger partial charge in [-0.05, 0) is 43.0 Å². The highest BCUT2D eigenvalue weighted by Gasteiger charge is 2.25. The average Bonchev–Trinajstić information content (AvgIpc) is 3.02. The SMILES string of the molecule is CCCNC(COc1ccc(C(C)C)cc1)C1CCOC1. The van der Waals surface area contributed by atoms with Crippen LogP contribution in [0.25, 0.3) is 0 Å². The Bertz CT molecular complexity index is 396. The highest BCUT2D eigenvalue weighted by molar-refractivity contribution is 5.28. The normalized spacial score (nSPS) is 19.9. The minimum Gasteiger partial charge on any atom is -0.492 e. The van der Waals surface area contributed by atoms with E-state index in [-0.39, 0.29) is 0 Å². The van der Waals surface area contributed by atoms with E-state index in [1.807, 2.05) is 0 Å². The molecule has 0 aliphatic carbocycles. The predicted molar refractivity (Wildman–Crippen MR) is 87.0 cm³/mol. The fourth-order valence-corrected chi connectivity index (χ4v) is 2.70. The Labute approximate surface area is 129 Å². The second kappa shape index (κ2) is 8.40. The van der Waals surface area contributed by atoms with E-state index < -0.39 is 0 Å². The number of nitrogens with one attached hydrogen (secondary N) is 1. The summed E-state index contributed by atoms with van der Waals surface area (Å²) in [7, 11) is 0. The zero-order valence-corrected chi connectivity index (χ0v) is 13.6. The van der Waals surface area contributed by atoms with Gasteiger partial charge in [-0.1, -0.05) is 32.9 Å². The molecular formula is C18H29NO2. The van der Waals surface area contributed by atoms with Crippen LogP contribution in [-0.2, 0) is 4.74 Å². The molecule has 2 unspecified atom stereocenters. The summed E-state index contributed by atoms with van der Waals surface area (Å²) in [6, 6.07) is 8.87. The quantitative estimate of drug-likeness (QED) is 0.794. The zero-order chi connectivity index (χ0) is 15.1. The van der Waals surface area contributed by atoms with Crippen LogP contribution in [0.15, 0.2) is 24.3 Å². The fourth-order valence-electron chi connectivity index (χ4n) is 2.70. The van der Waals surface area contributed by atoms with Crippen LogP contribution in [0.2, 0.25) is 0 Å². The van der Waals surface area contributed by atoms with E-state index in [1.165, 1.54) is 5.56 Å². The average molecular weight is 291 g/mol. The van der Waals surface area contributed by atoms with Gasteiger partial charge in [-0.2, -0.15) is 0 Å². The molecule has 3 heteroatoms. The van der Waals surface area contributed by atoms with Crippen molar-refractivity contribution < 1.29 is 9.47 Å². The molecule has 1 heterocycles. The van der Waals surface area contributed by atoms with Gasteiger partial charge >= 0.3 is 0 Å². The molecule has 1 saturated heterocycles. The summed E-state index contributed by atoms with van der Waals surface area (Å²) in [5.74, 6) is 2.10. The molecule has 0 amide bonds. The largest absolute Gasteiger partial charge is 0.492 e. The molecule has 0 aromatic heterocycles. The van der Waals surface area contributed by atoms with Crippen LogP contribution in [-0.4, -0.2) is 32.4 Å². The van der Waals surface area contributed by atoms with E-state index in [0.717, 1.165) is 45.0 Å². The maximum absolute atomic E-state index is 5.99. The molecular weight excluding hydrogens is 262 g/mol. The standard InChI is InChI=1S/C18H29NO2/c1-4-10-19-18(16-9-11-20-12-16)13-21-17-7-5-15(6-8-17)14(2)3/h5-8,14,16,18-19H,4,9-13H2,1-3H3. The molecule has 1 aromatic carbocycles. The van der Waals surface area contributed by atoms with Crippen LogP contribution in [0, 0.1) is 5.92 Å². The van der Waals surface area contributed by atoms with Crippen molar-refractivity contribution >= 4 is 0 Å². The smallest absolute Gasteiger partial charge is 0.119 e. The Morgan fingerprint density at radius 3 is 2.62 bits per heavy atom. The number of rotatable bonds is 8. The molecule has 1 aliphatic rings. The topological polar surface area (TPSA) is 30.5 Å². The van der Waals surface area contributed by atoms with Crippen molar-refractivity contribution in [3.05, 3.63) is 29.8 Å². The Hall–Kier alpha value is -1.06. The van der Waals surface area contributed by atoms with Gasteiger partial charge in [0, 0.05) is 18.6 Å². The number of hydrogen-bond donors (Lipinski definition) is 1. The Kier molecular flexibility index (Phi) is 6.52. The fraction of sp³-hybridized carbons (Fsp3) is 0.667. The first kappa shape index (κ1) is 16.3. The molecule has 1 N–H and O–H groups in total. The van der Waals surface area contributed by atoms with Gasteiger partial charge in [-0.25, -0.2) is 0 Å². The lowest BCUT2D eigenvalue weighted by molar-refractivity contribution is 0.160. The van der Waals surface area contributed by atoms with E-state index >= 15 is 0 Å². The van der Waals surface area contributed by atoms with Gasteiger partial charge in [0.05, 0.1) is 6.61 Å². The van der Waals surface area contributed by atoms with Crippen LogP contribution in [0.5, 0.6) is 5.75 Å². The number of ether oxygens (including phenoxy) is 2. The highest BCUT2D eigenvalue weighted by atomic mass is 16.5. The molecule has 0 radical (unpaired) electrons. The third-order valence-electron chi connectivity index (χ3n) is 4.17. The van der Waals surface area contributed by atoms with Crippen LogP contribution in [0.4, 0.5) is 0 Å². The molecule has 0 spiro atoms. The maximum atomic E-state index is 5.99. The summed E-state index contributed by atoms with van der Waals surface area (Å²) in [5.41, 5.74) is 1.35. The van der Waals surface area contributed by atoms with Gasteiger partial charge in [0.1, 0.15) is 12.4 Å². The second-order valence-electron chi connectivity index (χ2n) is 6.22. The van der Waals surface area contributed by atoms with Gasteiger partial charge in [0.15, 0.2) is 0 Å². The van der Waals surface area contributed by atoms with E-state index in [9.17, 15) is 0 Å². The Balaban J connectivity index is 1.87. The summed E-state index contributed by atoms with van der Waals surface area (Å²) < 4.78 is 11.5. The molecule has 0 saturated carbocycles. The van der Waals surface area contributed by atoms with E-state index in [0.29, 0.717) is 17.9 Å². The van der Waals surface area contributed by atoms with Crippen LogP contribution >= 0.6 is 0 Å². The molecule has 118 valence electrons. The minimum atomic E-state index is 0.386. The van der Waals surface area contributed by atoms with Gasteiger partial charge in [0.25, 0.3) is 0 Å². The zero-order valence-electron chi connectivity index (χ0n) is 13.6. The summed E-state index contributed by atoms with van der Waals surface area (Å²) in [6.07, 6.45) is 2.28. The van der Waals surface area contributed by atoms with E-state index in [2.05, 4.69) is 50.4 Å². The first-order chi connectivity index (χ1) is 10.2. The first-order valence-electron chi connectivity index (χ1n) is 8.24. The number of hydrogen-bond acceptors (Lipinski definition) is 3. The lowest BCUT2D eigenvalue weighted by Crippen LogP contribution is -2.41. The van der Waals surface area contributed by atoms with E-state index in [1.54, 1.807) is 0 Å². The van der Waals surface area contributed by atoms with Crippen LogP contribution in [0.1, 0.15) is 45.1 Å². The molecule has 0 bridgehead atoms. The van der Waals surface area contributed by atoms with Gasteiger partial charge < -0.3 is 14.8 Å². The summed E-state index contributed by atoms with van der Waals surface area (Å²) in [6.45, 7) is 10.1. The lowest BCUT2D eigenvalue weighted by atomic mass is 9.99. The second-order valence-corrected chi connectivity index (χ2v) is 6.22. The van der Waals surface area contributed by atoms with Crippen molar-refractivity contribution in [1.82, 2.24) is 5.32 Å². The van der Waals surface area contributed by atoms with Gasteiger partial charge in [0.2, 0.25) is 0 Å². The van der Waals surface area contributed by atoms with Crippen molar-refractivity contribution in [3.63, 3.8) is 0 Å². The third-order valence-corrected chi connectivity index (χ3v) is 4.17. The molecule has 2 rings (SSSR count). The van der Waals surface area contributed by atoms with Crippen molar-refractivity contribution in [3.8, 4) is 5.75 Å². The molecule has 2 atom stereocenters. The van der Waals surface area contributed by atoms with Crippen molar-refractivity contribution in [2.75, 3.05) is 26.4 Å². The summed E-state index contributed by atoms with van der Waals surface area (Å²) in [4.78, 5) is 0. The van der Waals surface area contributed by atoms with Crippen LogP contribution in [0.3, 0.4) is 0 Å². The Morgan fingerprint density at radius 1 is 1.29 bits per heavy atom. The third kappa shape index (κ3) is 5.01. The first-order valence-corrected chi connectivity index (χ1v) is 8.24. The monoisotopic (exact) mass is 291 g/mol. The summed E-state index contributed by atoms with van der Waals surface area (Å²) in [5, 5.41) is 3.61. The molecule has 21 heavy (non-hydrogen) atoms. The summed E-state index contributed by atoms with van der Waals surface area (Å²) >= 11 is 0. The molecule has 1 aliphatic heterocycles.